The summed E-state index contributed by atoms with van der Waals surface area (Å²) >= 11 is 3.49. The highest BCUT2D eigenvalue weighted by molar-refractivity contribution is 9.10. The summed E-state index contributed by atoms with van der Waals surface area (Å²) in [7, 11) is 1.72. The second-order valence-electron chi connectivity index (χ2n) is 4.34. The minimum atomic E-state index is 0.355. The average molecular weight is 270 g/mol. The Morgan fingerprint density at radius 1 is 1.47 bits per heavy atom. The van der Waals surface area contributed by atoms with Crippen molar-refractivity contribution in [3.8, 4) is 5.75 Å². The number of nitrogens with two attached hydrogens (primary N) is 1. The molecule has 0 atom stereocenters. The molecule has 1 aliphatic rings. The van der Waals surface area contributed by atoms with Gasteiger partial charge in [-0.3, -0.25) is 0 Å². The summed E-state index contributed by atoms with van der Waals surface area (Å²) in [6.07, 6.45) is 3.53. The van der Waals surface area contributed by atoms with Gasteiger partial charge in [0.1, 0.15) is 5.75 Å². The fourth-order valence-electron chi connectivity index (χ4n) is 1.92. The van der Waals surface area contributed by atoms with E-state index in [-0.39, 0.29) is 0 Å². The van der Waals surface area contributed by atoms with E-state index in [4.69, 9.17) is 10.5 Å². The standard InChI is InChI=1S/C12H16BrNO/c1-15-11-3-2-10(13)6-9(11)7-12(8-14)4-5-12/h2-3,6H,4-5,7-8,14H2,1H3. The zero-order valence-electron chi connectivity index (χ0n) is 8.92. The molecule has 2 N–H and O–H groups in total. The molecule has 0 heterocycles. The summed E-state index contributed by atoms with van der Waals surface area (Å²) in [5.74, 6) is 0.970. The monoisotopic (exact) mass is 269 g/mol. The molecule has 2 nitrogen and oxygen atoms in total. The van der Waals surface area contributed by atoms with Crippen molar-refractivity contribution in [2.24, 2.45) is 11.1 Å². The van der Waals surface area contributed by atoms with E-state index in [0.717, 1.165) is 23.2 Å². The van der Waals surface area contributed by atoms with Crippen molar-refractivity contribution in [2.45, 2.75) is 19.3 Å². The van der Waals surface area contributed by atoms with E-state index in [1.54, 1.807) is 7.11 Å². The summed E-state index contributed by atoms with van der Waals surface area (Å²) in [6.45, 7) is 0.780. The predicted octanol–water partition coefficient (Wildman–Crippen LogP) is 2.74. The molecule has 0 aliphatic heterocycles. The van der Waals surface area contributed by atoms with E-state index >= 15 is 0 Å². The second-order valence-corrected chi connectivity index (χ2v) is 5.25. The number of halogens is 1. The maximum Gasteiger partial charge on any atom is 0.122 e. The van der Waals surface area contributed by atoms with Crippen LogP contribution in [-0.2, 0) is 6.42 Å². The number of rotatable bonds is 4. The van der Waals surface area contributed by atoms with E-state index in [9.17, 15) is 0 Å². The van der Waals surface area contributed by atoms with Crippen LogP contribution in [0.15, 0.2) is 22.7 Å². The molecule has 82 valence electrons. The van der Waals surface area contributed by atoms with Crippen LogP contribution in [0.25, 0.3) is 0 Å². The van der Waals surface area contributed by atoms with Crippen molar-refractivity contribution in [3.05, 3.63) is 28.2 Å². The van der Waals surface area contributed by atoms with E-state index in [1.807, 2.05) is 12.1 Å². The number of ether oxygens (including phenoxy) is 1. The maximum atomic E-state index is 5.79. The van der Waals surface area contributed by atoms with E-state index in [2.05, 4.69) is 22.0 Å². The summed E-state index contributed by atoms with van der Waals surface area (Å²) in [6, 6.07) is 6.14. The SMILES string of the molecule is COc1ccc(Br)cc1CC1(CN)CC1. The fourth-order valence-corrected chi connectivity index (χ4v) is 2.33. The van der Waals surface area contributed by atoms with Gasteiger partial charge in [-0.15, -0.1) is 0 Å². The van der Waals surface area contributed by atoms with Gasteiger partial charge in [0.05, 0.1) is 7.11 Å². The minimum Gasteiger partial charge on any atom is -0.496 e. The lowest BCUT2D eigenvalue weighted by molar-refractivity contribution is 0.402. The summed E-state index contributed by atoms with van der Waals surface area (Å²) in [5, 5.41) is 0. The zero-order valence-corrected chi connectivity index (χ0v) is 10.5. The van der Waals surface area contributed by atoms with Crippen molar-refractivity contribution in [3.63, 3.8) is 0 Å². The Morgan fingerprint density at radius 3 is 2.73 bits per heavy atom. The van der Waals surface area contributed by atoms with Gasteiger partial charge < -0.3 is 10.5 Å². The van der Waals surface area contributed by atoms with Crippen molar-refractivity contribution >= 4 is 15.9 Å². The van der Waals surface area contributed by atoms with Crippen molar-refractivity contribution in [1.82, 2.24) is 0 Å². The van der Waals surface area contributed by atoms with Crippen molar-refractivity contribution in [2.75, 3.05) is 13.7 Å². The first-order chi connectivity index (χ1) is 7.19. The van der Waals surface area contributed by atoms with Crippen LogP contribution in [0.4, 0.5) is 0 Å². The van der Waals surface area contributed by atoms with E-state index < -0.39 is 0 Å². The number of methoxy groups -OCH3 is 1. The molecule has 1 saturated carbocycles. The van der Waals surface area contributed by atoms with Crippen molar-refractivity contribution < 1.29 is 4.74 Å². The average Bonchev–Trinajstić information content (AvgIpc) is 2.99. The topological polar surface area (TPSA) is 35.2 Å². The van der Waals surface area contributed by atoms with Gasteiger partial charge in [-0.25, -0.2) is 0 Å². The van der Waals surface area contributed by atoms with Gasteiger partial charge in [-0.1, -0.05) is 15.9 Å². The minimum absolute atomic E-state index is 0.355. The van der Waals surface area contributed by atoms with Crippen LogP contribution in [0.3, 0.4) is 0 Å². The number of hydrogen-bond donors (Lipinski definition) is 1. The quantitative estimate of drug-likeness (QED) is 0.913. The highest BCUT2D eigenvalue weighted by Crippen LogP contribution is 2.48. The number of hydrogen-bond acceptors (Lipinski definition) is 2. The molecular weight excluding hydrogens is 254 g/mol. The normalized spacial score (nSPS) is 17.5. The molecule has 0 spiro atoms. The van der Waals surface area contributed by atoms with Gasteiger partial charge >= 0.3 is 0 Å². The van der Waals surface area contributed by atoms with E-state index in [0.29, 0.717) is 5.41 Å². The van der Waals surface area contributed by atoms with Gasteiger partial charge in [-0.05, 0) is 55.0 Å². The lowest BCUT2D eigenvalue weighted by atomic mass is 9.96. The second kappa shape index (κ2) is 4.14. The van der Waals surface area contributed by atoms with Gasteiger partial charge in [0.2, 0.25) is 0 Å². The Labute approximate surface area is 98.9 Å². The number of benzene rings is 1. The van der Waals surface area contributed by atoms with Crippen molar-refractivity contribution in [1.29, 1.82) is 0 Å². The molecule has 3 heteroatoms. The van der Waals surface area contributed by atoms with Crippen LogP contribution in [0, 0.1) is 5.41 Å². The Kier molecular flexibility index (Phi) is 3.03. The summed E-state index contributed by atoms with van der Waals surface area (Å²) < 4.78 is 6.46. The molecular formula is C12H16BrNO. The van der Waals surface area contributed by atoms with Crippen LogP contribution in [0.1, 0.15) is 18.4 Å². The first kappa shape index (κ1) is 11.0. The molecule has 15 heavy (non-hydrogen) atoms. The molecule has 1 fully saturated rings. The van der Waals surface area contributed by atoms with Crippen LogP contribution in [-0.4, -0.2) is 13.7 Å². The molecule has 0 radical (unpaired) electrons. The van der Waals surface area contributed by atoms with Crippen LogP contribution >= 0.6 is 15.9 Å². The Balaban J connectivity index is 2.22. The third-order valence-corrected chi connectivity index (χ3v) is 3.69. The van der Waals surface area contributed by atoms with Gasteiger partial charge in [-0.2, -0.15) is 0 Å². The van der Waals surface area contributed by atoms with Crippen LogP contribution in [0.2, 0.25) is 0 Å². The summed E-state index contributed by atoms with van der Waals surface area (Å²) in [5.41, 5.74) is 7.41. The first-order valence-electron chi connectivity index (χ1n) is 5.22. The zero-order chi connectivity index (χ0) is 10.9. The van der Waals surface area contributed by atoms with E-state index in [1.165, 1.54) is 18.4 Å². The maximum absolute atomic E-state index is 5.79. The Morgan fingerprint density at radius 2 is 2.20 bits per heavy atom. The van der Waals surface area contributed by atoms with Gasteiger partial charge in [0.15, 0.2) is 0 Å². The van der Waals surface area contributed by atoms with Crippen LogP contribution < -0.4 is 10.5 Å². The highest BCUT2D eigenvalue weighted by Gasteiger charge is 2.41. The molecule has 0 aromatic heterocycles. The molecule has 1 aromatic carbocycles. The molecule has 2 rings (SSSR count). The van der Waals surface area contributed by atoms with Gasteiger partial charge in [0, 0.05) is 4.47 Å². The largest absolute Gasteiger partial charge is 0.496 e. The molecule has 0 amide bonds. The summed E-state index contributed by atoms with van der Waals surface area (Å²) in [4.78, 5) is 0. The molecule has 1 aromatic rings. The van der Waals surface area contributed by atoms with Crippen LogP contribution in [0.5, 0.6) is 5.75 Å². The Hall–Kier alpha value is -0.540. The lowest BCUT2D eigenvalue weighted by Crippen LogP contribution is -2.18. The smallest absolute Gasteiger partial charge is 0.122 e. The highest BCUT2D eigenvalue weighted by atomic mass is 79.9. The third kappa shape index (κ3) is 2.34. The molecule has 1 aliphatic carbocycles. The fraction of sp³-hybridized carbons (Fsp3) is 0.500. The molecule has 0 bridgehead atoms. The third-order valence-electron chi connectivity index (χ3n) is 3.20. The first-order valence-corrected chi connectivity index (χ1v) is 6.01. The Bertz CT molecular complexity index is 361. The van der Waals surface area contributed by atoms with Gasteiger partial charge in [0.25, 0.3) is 0 Å². The molecule has 0 saturated heterocycles. The predicted molar refractivity (Wildman–Crippen MR) is 65.1 cm³/mol. The molecule has 0 unspecified atom stereocenters. The lowest BCUT2D eigenvalue weighted by Gasteiger charge is -2.15.